The summed E-state index contributed by atoms with van der Waals surface area (Å²) in [6, 6.07) is 6.95. The summed E-state index contributed by atoms with van der Waals surface area (Å²) in [6.45, 7) is 0. The van der Waals surface area contributed by atoms with Crippen molar-refractivity contribution in [2.24, 2.45) is 11.8 Å². The Balaban J connectivity index is 1.57. The van der Waals surface area contributed by atoms with E-state index in [2.05, 4.69) is 10.6 Å². The van der Waals surface area contributed by atoms with Gasteiger partial charge in [0.05, 0.1) is 30.2 Å². The third-order valence-electron chi connectivity index (χ3n) is 4.76. The maximum Gasteiger partial charge on any atom is 0.339 e. The fraction of sp³-hybridized carbons (Fsp3) is 0.500. The van der Waals surface area contributed by atoms with Gasteiger partial charge >= 0.3 is 5.97 Å². The van der Waals surface area contributed by atoms with E-state index in [9.17, 15) is 14.4 Å². The maximum atomic E-state index is 12.3. The van der Waals surface area contributed by atoms with E-state index in [0.29, 0.717) is 17.7 Å². The Bertz CT molecular complexity index is 652. The van der Waals surface area contributed by atoms with E-state index >= 15 is 0 Å². The van der Waals surface area contributed by atoms with Crippen molar-refractivity contribution in [2.75, 3.05) is 12.4 Å². The van der Waals surface area contributed by atoms with E-state index in [1.807, 2.05) is 0 Å². The van der Waals surface area contributed by atoms with Crippen LogP contribution in [-0.2, 0) is 14.3 Å². The van der Waals surface area contributed by atoms with Gasteiger partial charge in [0.1, 0.15) is 0 Å². The molecule has 2 unspecified atom stereocenters. The smallest absolute Gasteiger partial charge is 0.339 e. The van der Waals surface area contributed by atoms with Crippen LogP contribution in [0, 0.1) is 11.8 Å². The molecule has 128 valence electrons. The number of para-hydroxylation sites is 1. The largest absolute Gasteiger partial charge is 0.465 e. The maximum absolute atomic E-state index is 12.3. The van der Waals surface area contributed by atoms with Gasteiger partial charge in [-0.3, -0.25) is 9.59 Å². The van der Waals surface area contributed by atoms with Crippen LogP contribution in [0.4, 0.5) is 5.69 Å². The van der Waals surface area contributed by atoms with E-state index < -0.39 is 5.97 Å². The number of rotatable bonds is 5. The summed E-state index contributed by atoms with van der Waals surface area (Å²) in [5.41, 5.74) is 0.720. The molecule has 2 atom stereocenters. The normalized spacial score (nSPS) is 22.7. The summed E-state index contributed by atoms with van der Waals surface area (Å²) in [7, 11) is 1.30. The molecule has 6 nitrogen and oxygen atoms in total. The first-order valence-corrected chi connectivity index (χ1v) is 8.38. The Morgan fingerprint density at radius 2 is 1.71 bits per heavy atom. The second-order valence-corrected chi connectivity index (χ2v) is 6.47. The van der Waals surface area contributed by atoms with Gasteiger partial charge < -0.3 is 15.4 Å². The van der Waals surface area contributed by atoms with Gasteiger partial charge in [0.25, 0.3) is 0 Å². The van der Waals surface area contributed by atoms with Crippen molar-refractivity contribution in [3.8, 4) is 0 Å². The van der Waals surface area contributed by atoms with Crippen molar-refractivity contribution >= 4 is 23.5 Å². The molecule has 1 aromatic carbocycles. The molecule has 0 bridgehead atoms. The predicted molar refractivity (Wildman–Crippen MR) is 88.4 cm³/mol. The van der Waals surface area contributed by atoms with Crippen LogP contribution in [0.3, 0.4) is 0 Å². The number of esters is 1. The summed E-state index contributed by atoms with van der Waals surface area (Å²) in [4.78, 5) is 36.3. The van der Waals surface area contributed by atoms with Gasteiger partial charge in [-0.05, 0) is 31.4 Å². The molecule has 24 heavy (non-hydrogen) atoms. The number of hydrogen-bond acceptors (Lipinski definition) is 4. The van der Waals surface area contributed by atoms with Crippen LogP contribution in [-0.4, -0.2) is 30.9 Å². The van der Waals surface area contributed by atoms with Gasteiger partial charge in [-0.1, -0.05) is 25.0 Å². The molecule has 2 saturated carbocycles. The summed E-state index contributed by atoms with van der Waals surface area (Å²) in [5, 5.41) is 5.78. The van der Waals surface area contributed by atoms with Crippen LogP contribution < -0.4 is 10.6 Å². The summed E-state index contributed by atoms with van der Waals surface area (Å²) in [6.07, 6.45) is 4.93. The fourth-order valence-corrected chi connectivity index (χ4v) is 3.26. The number of benzene rings is 1. The van der Waals surface area contributed by atoms with Crippen LogP contribution in [0.25, 0.3) is 0 Å². The first-order valence-electron chi connectivity index (χ1n) is 8.38. The Morgan fingerprint density at radius 1 is 1.04 bits per heavy atom. The van der Waals surface area contributed by atoms with Crippen LogP contribution in [0.2, 0.25) is 0 Å². The number of nitrogens with one attached hydrogen (secondary N) is 2. The zero-order valence-electron chi connectivity index (χ0n) is 13.7. The average Bonchev–Trinajstić information content (AvgIpc) is 3.25. The van der Waals surface area contributed by atoms with Crippen LogP contribution >= 0.6 is 0 Å². The standard InChI is InChI=1S/C18H22N2O4/c1-24-18(23)12-8-4-5-9-15(12)20-17(22)14-10-13(14)16(21)19-11-6-2-3-7-11/h4-5,8-9,11,13-14H,2-3,6-7,10H2,1H3,(H,19,21)(H,20,22). The number of amides is 2. The van der Waals surface area contributed by atoms with E-state index in [-0.39, 0.29) is 29.7 Å². The highest BCUT2D eigenvalue weighted by molar-refractivity contribution is 6.04. The quantitative estimate of drug-likeness (QED) is 0.810. The van der Waals surface area contributed by atoms with Gasteiger partial charge in [-0.2, -0.15) is 0 Å². The van der Waals surface area contributed by atoms with Gasteiger partial charge in [-0.15, -0.1) is 0 Å². The average molecular weight is 330 g/mol. The van der Waals surface area contributed by atoms with Gasteiger partial charge in [0, 0.05) is 6.04 Å². The molecule has 3 rings (SSSR count). The van der Waals surface area contributed by atoms with E-state index in [4.69, 9.17) is 4.74 Å². The zero-order chi connectivity index (χ0) is 17.1. The molecule has 0 aromatic heterocycles. The Labute approximate surface area is 140 Å². The Kier molecular flexibility index (Phi) is 4.83. The van der Waals surface area contributed by atoms with Crippen LogP contribution in [0.1, 0.15) is 42.5 Å². The number of carbonyl (C=O) groups is 3. The first-order chi connectivity index (χ1) is 11.6. The molecule has 2 amide bonds. The minimum atomic E-state index is -0.503. The summed E-state index contributed by atoms with van der Waals surface area (Å²) >= 11 is 0. The Morgan fingerprint density at radius 3 is 2.42 bits per heavy atom. The van der Waals surface area contributed by atoms with Gasteiger partial charge in [0.15, 0.2) is 0 Å². The highest BCUT2D eigenvalue weighted by Gasteiger charge is 2.48. The van der Waals surface area contributed by atoms with Crippen LogP contribution in [0.15, 0.2) is 24.3 Å². The zero-order valence-corrected chi connectivity index (χ0v) is 13.7. The molecule has 0 heterocycles. The first kappa shape index (κ1) is 16.5. The molecule has 2 aliphatic carbocycles. The highest BCUT2D eigenvalue weighted by atomic mass is 16.5. The van der Waals surface area contributed by atoms with Gasteiger partial charge in [0.2, 0.25) is 11.8 Å². The minimum absolute atomic E-state index is 0.0247. The molecule has 1 aromatic rings. The molecule has 0 aliphatic heterocycles. The lowest BCUT2D eigenvalue weighted by Gasteiger charge is -2.12. The second-order valence-electron chi connectivity index (χ2n) is 6.47. The molecule has 2 fully saturated rings. The number of carbonyl (C=O) groups excluding carboxylic acids is 3. The molecule has 2 N–H and O–H groups in total. The lowest BCUT2D eigenvalue weighted by molar-refractivity contribution is -0.125. The second kappa shape index (κ2) is 7.03. The van der Waals surface area contributed by atoms with Gasteiger partial charge in [-0.25, -0.2) is 4.79 Å². The highest BCUT2D eigenvalue weighted by Crippen LogP contribution is 2.40. The number of anilines is 1. The third kappa shape index (κ3) is 3.58. The monoisotopic (exact) mass is 330 g/mol. The van der Waals surface area contributed by atoms with E-state index in [0.717, 1.165) is 25.7 Å². The molecule has 6 heteroatoms. The van der Waals surface area contributed by atoms with Crippen molar-refractivity contribution < 1.29 is 19.1 Å². The molecule has 0 spiro atoms. The summed E-state index contributed by atoms with van der Waals surface area (Å²) in [5.74, 6) is -1.33. The van der Waals surface area contributed by atoms with E-state index in [1.165, 1.54) is 7.11 Å². The molecular formula is C18H22N2O4. The van der Waals surface area contributed by atoms with Crippen LogP contribution in [0.5, 0.6) is 0 Å². The lowest BCUT2D eigenvalue weighted by Crippen LogP contribution is -2.34. The minimum Gasteiger partial charge on any atom is -0.465 e. The molecular weight excluding hydrogens is 308 g/mol. The van der Waals surface area contributed by atoms with Crippen molar-refractivity contribution in [3.63, 3.8) is 0 Å². The van der Waals surface area contributed by atoms with Crippen molar-refractivity contribution in [2.45, 2.75) is 38.1 Å². The number of ether oxygens (including phenoxy) is 1. The SMILES string of the molecule is COC(=O)c1ccccc1NC(=O)C1CC1C(=O)NC1CCCC1. The fourth-order valence-electron chi connectivity index (χ4n) is 3.26. The predicted octanol–water partition coefficient (Wildman–Crippen LogP) is 2.11. The van der Waals surface area contributed by atoms with Crippen molar-refractivity contribution in [1.29, 1.82) is 0 Å². The molecule has 2 aliphatic rings. The third-order valence-corrected chi connectivity index (χ3v) is 4.76. The van der Waals surface area contributed by atoms with Crippen molar-refractivity contribution in [3.05, 3.63) is 29.8 Å². The topological polar surface area (TPSA) is 84.5 Å². The number of hydrogen-bond donors (Lipinski definition) is 2. The van der Waals surface area contributed by atoms with E-state index in [1.54, 1.807) is 24.3 Å². The number of methoxy groups -OCH3 is 1. The van der Waals surface area contributed by atoms with Crippen molar-refractivity contribution in [1.82, 2.24) is 5.32 Å². The Hall–Kier alpha value is -2.37. The molecule has 0 saturated heterocycles. The summed E-state index contributed by atoms with van der Waals surface area (Å²) < 4.78 is 4.71. The molecule has 0 radical (unpaired) electrons. The lowest BCUT2D eigenvalue weighted by atomic mass is 10.1.